The smallest absolute Gasteiger partial charge is 0.310 e. The van der Waals surface area contributed by atoms with Gasteiger partial charge in [0.25, 0.3) is 0 Å². The van der Waals surface area contributed by atoms with Gasteiger partial charge in [-0.3, -0.25) is 9.59 Å². The van der Waals surface area contributed by atoms with Gasteiger partial charge in [0, 0.05) is 12.8 Å². The van der Waals surface area contributed by atoms with E-state index in [0.717, 1.165) is 37.5 Å². The highest BCUT2D eigenvalue weighted by molar-refractivity contribution is 5.85. The first-order valence-corrected chi connectivity index (χ1v) is 12.1. The van der Waals surface area contributed by atoms with Crippen molar-refractivity contribution in [2.45, 2.75) is 116 Å². The molecule has 2 aliphatic carbocycles. The average Bonchev–Trinajstić information content (AvgIpc) is 2.65. The molecule has 0 bridgehead atoms. The zero-order chi connectivity index (χ0) is 20.1. The van der Waals surface area contributed by atoms with Crippen LogP contribution in [0.1, 0.15) is 111 Å². The lowest BCUT2D eigenvalue weighted by molar-refractivity contribution is -0.168. The first kappa shape index (κ1) is 21.8. The Balaban J connectivity index is 1.52. The Morgan fingerprint density at radius 3 is 2.29 bits per heavy atom. The standard InChI is InChI=1S/C25H42O3/c1-4-19-11-8-14-25(2,3)28-24(27)23(19)17-22(26)16-21-13-12-20(21)15-18-9-6-5-7-10-18/h18-21,23H,4-17H2,1-3H3. The lowest BCUT2D eigenvalue weighted by atomic mass is 9.65. The van der Waals surface area contributed by atoms with E-state index in [1.54, 1.807) is 0 Å². The number of hydrogen-bond donors (Lipinski definition) is 0. The number of ketones is 1. The van der Waals surface area contributed by atoms with Crippen LogP contribution in [-0.4, -0.2) is 17.4 Å². The Morgan fingerprint density at radius 2 is 1.64 bits per heavy atom. The van der Waals surface area contributed by atoms with Gasteiger partial charge in [0.05, 0.1) is 5.92 Å². The van der Waals surface area contributed by atoms with Crippen LogP contribution in [-0.2, 0) is 14.3 Å². The van der Waals surface area contributed by atoms with Crippen molar-refractivity contribution in [3.63, 3.8) is 0 Å². The first-order chi connectivity index (χ1) is 13.4. The second kappa shape index (κ2) is 9.76. The van der Waals surface area contributed by atoms with E-state index in [4.69, 9.17) is 4.74 Å². The van der Waals surface area contributed by atoms with Gasteiger partial charge in [-0.25, -0.2) is 0 Å². The van der Waals surface area contributed by atoms with E-state index in [1.165, 1.54) is 51.4 Å². The van der Waals surface area contributed by atoms with E-state index in [-0.39, 0.29) is 11.9 Å². The van der Waals surface area contributed by atoms with E-state index in [1.807, 2.05) is 13.8 Å². The highest BCUT2D eigenvalue weighted by atomic mass is 16.6. The van der Waals surface area contributed by atoms with Gasteiger partial charge in [0.2, 0.25) is 0 Å². The second-order valence-corrected chi connectivity index (χ2v) is 10.6. The molecule has 4 atom stereocenters. The van der Waals surface area contributed by atoms with Crippen LogP contribution < -0.4 is 0 Å². The van der Waals surface area contributed by atoms with Gasteiger partial charge in [0.1, 0.15) is 11.4 Å². The highest BCUT2D eigenvalue weighted by Crippen LogP contribution is 2.44. The van der Waals surface area contributed by atoms with Gasteiger partial charge in [-0.1, -0.05) is 45.4 Å². The van der Waals surface area contributed by atoms with Gasteiger partial charge < -0.3 is 4.74 Å². The summed E-state index contributed by atoms with van der Waals surface area (Å²) in [4.78, 5) is 25.7. The molecule has 3 aliphatic rings. The van der Waals surface area contributed by atoms with E-state index >= 15 is 0 Å². The fourth-order valence-electron chi connectivity index (χ4n) is 6.01. The summed E-state index contributed by atoms with van der Waals surface area (Å²) in [6.07, 6.45) is 16.0. The molecular formula is C25H42O3. The summed E-state index contributed by atoms with van der Waals surface area (Å²) in [6.45, 7) is 6.15. The molecule has 0 aromatic carbocycles. The number of ether oxygens (including phenoxy) is 1. The average molecular weight is 391 g/mol. The second-order valence-electron chi connectivity index (χ2n) is 10.6. The van der Waals surface area contributed by atoms with Gasteiger partial charge in [-0.05, 0) is 76.0 Å². The minimum Gasteiger partial charge on any atom is -0.459 e. The van der Waals surface area contributed by atoms with Gasteiger partial charge in [-0.2, -0.15) is 0 Å². The molecule has 1 heterocycles. The molecule has 1 saturated heterocycles. The maximum atomic E-state index is 12.9. The monoisotopic (exact) mass is 390 g/mol. The Kier molecular flexibility index (Phi) is 7.61. The Hall–Kier alpha value is -0.860. The van der Waals surface area contributed by atoms with Crippen LogP contribution in [0, 0.1) is 29.6 Å². The maximum absolute atomic E-state index is 12.9. The maximum Gasteiger partial charge on any atom is 0.310 e. The molecule has 28 heavy (non-hydrogen) atoms. The van der Waals surface area contributed by atoms with Crippen molar-refractivity contribution in [2.75, 3.05) is 0 Å². The molecule has 0 aromatic heterocycles. The molecule has 0 N–H and O–H groups in total. The van der Waals surface area contributed by atoms with Crippen LogP contribution in [0.5, 0.6) is 0 Å². The lowest BCUT2D eigenvalue weighted by Crippen LogP contribution is -2.38. The number of Topliss-reactive ketones (excluding diaryl/α,β-unsaturated/α-hetero) is 1. The molecule has 0 spiro atoms. The van der Waals surface area contributed by atoms with Crippen molar-refractivity contribution >= 4 is 11.8 Å². The van der Waals surface area contributed by atoms with E-state index < -0.39 is 5.60 Å². The molecule has 2 saturated carbocycles. The summed E-state index contributed by atoms with van der Waals surface area (Å²) < 4.78 is 5.80. The molecule has 4 unspecified atom stereocenters. The molecule has 0 radical (unpaired) electrons. The summed E-state index contributed by atoms with van der Waals surface area (Å²) in [7, 11) is 0. The van der Waals surface area contributed by atoms with E-state index in [2.05, 4.69) is 6.92 Å². The molecular weight excluding hydrogens is 348 g/mol. The Bertz CT molecular complexity index is 532. The summed E-state index contributed by atoms with van der Waals surface area (Å²) in [6, 6.07) is 0. The number of cyclic esters (lactones) is 1. The summed E-state index contributed by atoms with van der Waals surface area (Å²) in [5, 5.41) is 0. The van der Waals surface area contributed by atoms with Crippen LogP contribution in [0.4, 0.5) is 0 Å². The van der Waals surface area contributed by atoms with E-state index in [0.29, 0.717) is 30.5 Å². The van der Waals surface area contributed by atoms with Crippen LogP contribution >= 0.6 is 0 Å². The molecule has 3 rings (SSSR count). The van der Waals surface area contributed by atoms with Gasteiger partial charge >= 0.3 is 5.97 Å². The summed E-state index contributed by atoms with van der Waals surface area (Å²) in [5.41, 5.74) is -0.393. The number of hydrogen-bond acceptors (Lipinski definition) is 3. The predicted octanol–water partition coefficient (Wildman–Crippen LogP) is 6.48. The zero-order valence-corrected chi connectivity index (χ0v) is 18.5. The van der Waals surface area contributed by atoms with Gasteiger partial charge in [0.15, 0.2) is 0 Å². The fraction of sp³-hybridized carbons (Fsp3) is 0.920. The third-order valence-corrected chi connectivity index (χ3v) is 8.00. The van der Waals surface area contributed by atoms with Crippen molar-refractivity contribution in [1.29, 1.82) is 0 Å². The minimum atomic E-state index is -0.393. The lowest BCUT2D eigenvalue weighted by Gasteiger charge is -2.40. The quantitative estimate of drug-likeness (QED) is 0.467. The molecule has 160 valence electrons. The molecule has 1 aliphatic heterocycles. The number of carbonyl (C=O) groups is 2. The van der Waals surface area contributed by atoms with E-state index in [9.17, 15) is 9.59 Å². The third kappa shape index (κ3) is 5.83. The normalized spacial score (nSPS) is 34.0. The number of rotatable bonds is 7. The van der Waals surface area contributed by atoms with Crippen molar-refractivity contribution in [3.05, 3.63) is 0 Å². The van der Waals surface area contributed by atoms with Crippen molar-refractivity contribution in [2.24, 2.45) is 29.6 Å². The molecule has 3 fully saturated rings. The molecule has 3 nitrogen and oxygen atoms in total. The SMILES string of the molecule is CCC1CCCC(C)(C)OC(=O)C1CC(=O)CC1CCC1CC1CCCCC1. The molecule has 0 aromatic rings. The third-order valence-electron chi connectivity index (χ3n) is 8.00. The van der Waals surface area contributed by atoms with Crippen LogP contribution in [0.3, 0.4) is 0 Å². The molecule has 0 amide bonds. The largest absolute Gasteiger partial charge is 0.459 e. The van der Waals surface area contributed by atoms with Crippen LogP contribution in [0.25, 0.3) is 0 Å². The zero-order valence-electron chi connectivity index (χ0n) is 18.5. The van der Waals surface area contributed by atoms with Crippen LogP contribution in [0.15, 0.2) is 0 Å². The minimum absolute atomic E-state index is 0.128. The Morgan fingerprint density at radius 1 is 0.929 bits per heavy atom. The summed E-state index contributed by atoms with van der Waals surface area (Å²) >= 11 is 0. The summed E-state index contributed by atoms with van der Waals surface area (Å²) in [5.74, 6) is 2.49. The highest BCUT2D eigenvalue weighted by Gasteiger charge is 2.39. The predicted molar refractivity (Wildman–Crippen MR) is 113 cm³/mol. The van der Waals surface area contributed by atoms with Crippen LogP contribution in [0.2, 0.25) is 0 Å². The number of carbonyl (C=O) groups excluding carboxylic acids is 2. The number of esters is 1. The van der Waals surface area contributed by atoms with Crippen molar-refractivity contribution in [3.8, 4) is 0 Å². The van der Waals surface area contributed by atoms with Crippen molar-refractivity contribution in [1.82, 2.24) is 0 Å². The Labute approximate surface area is 172 Å². The first-order valence-electron chi connectivity index (χ1n) is 12.1. The molecule has 3 heteroatoms. The van der Waals surface area contributed by atoms with Gasteiger partial charge in [-0.15, -0.1) is 0 Å². The van der Waals surface area contributed by atoms with Crippen molar-refractivity contribution < 1.29 is 14.3 Å². The fourth-order valence-corrected chi connectivity index (χ4v) is 6.01. The topological polar surface area (TPSA) is 43.4 Å².